The third-order valence-corrected chi connectivity index (χ3v) is 3.88. The monoisotopic (exact) mass is 271 g/mol. The van der Waals surface area contributed by atoms with Crippen LogP contribution in [-0.4, -0.2) is 5.91 Å². The van der Waals surface area contributed by atoms with Gasteiger partial charge in [0.2, 0.25) is 5.91 Å². The van der Waals surface area contributed by atoms with Crippen molar-refractivity contribution in [3.8, 4) is 0 Å². The van der Waals surface area contributed by atoms with Crippen molar-refractivity contribution in [1.29, 1.82) is 0 Å². The molecule has 0 aliphatic carbocycles. The zero-order chi connectivity index (χ0) is 13.4. The van der Waals surface area contributed by atoms with E-state index in [1.165, 1.54) is 5.56 Å². The minimum atomic E-state index is 0.0260. The first-order chi connectivity index (χ1) is 9.18. The van der Waals surface area contributed by atoms with Crippen LogP contribution in [0.5, 0.6) is 0 Å². The second-order valence-corrected chi connectivity index (χ2v) is 5.27. The lowest BCUT2D eigenvalue weighted by atomic mass is 9.83. The number of hydrogen-bond acceptors (Lipinski definition) is 1. The van der Waals surface area contributed by atoms with Crippen LogP contribution in [-0.2, 0) is 4.79 Å². The summed E-state index contributed by atoms with van der Waals surface area (Å²) in [5, 5.41) is 0.682. The van der Waals surface area contributed by atoms with Crippen LogP contribution in [0.2, 0.25) is 5.02 Å². The largest absolute Gasteiger partial charge is 0.304 e. The molecule has 2 atom stereocenters. The van der Waals surface area contributed by atoms with Crippen LogP contribution in [0, 0.1) is 5.92 Å². The van der Waals surface area contributed by atoms with Crippen LogP contribution in [0.4, 0.5) is 5.69 Å². The van der Waals surface area contributed by atoms with Crippen LogP contribution in [0.3, 0.4) is 0 Å². The zero-order valence-electron chi connectivity index (χ0n) is 10.6. The molecular weight excluding hydrogens is 258 g/mol. The van der Waals surface area contributed by atoms with E-state index in [1.54, 1.807) is 0 Å². The fraction of sp³-hybridized carbons (Fsp3) is 0.188. The van der Waals surface area contributed by atoms with E-state index in [0.717, 1.165) is 5.69 Å². The van der Waals surface area contributed by atoms with E-state index in [9.17, 15) is 4.79 Å². The first kappa shape index (κ1) is 12.2. The van der Waals surface area contributed by atoms with Crippen molar-refractivity contribution in [3.63, 3.8) is 0 Å². The summed E-state index contributed by atoms with van der Waals surface area (Å²) < 4.78 is 0. The number of nitrogens with zero attached hydrogens (tertiary/aromatic N) is 1. The Kier molecular flexibility index (Phi) is 3.03. The number of hydrogen-bond donors (Lipinski definition) is 0. The van der Waals surface area contributed by atoms with Crippen LogP contribution >= 0.6 is 11.6 Å². The van der Waals surface area contributed by atoms with E-state index in [-0.39, 0.29) is 17.9 Å². The van der Waals surface area contributed by atoms with E-state index >= 15 is 0 Å². The Bertz CT molecular complexity index is 594. The second kappa shape index (κ2) is 4.71. The molecule has 0 N–H and O–H groups in total. The van der Waals surface area contributed by atoms with Crippen molar-refractivity contribution >= 4 is 23.2 Å². The molecule has 1 aliphatic heterocycles. The minimum Gasteiger partial charge on any atom is -0.304 e. The Labute approximate surface area is 117 Å². The van der Waals surface area contributed by atoms with Crippen molar-refractivity contribution < 1.29 is 4.79 Å². The SMILES string of the molecule is C[C@H]1C(=O)N(c2ccc(Cl)cc2)[C@@H]1c1ccccc1. The quantitative estimate of drug-likeness (QED) is 0.754. The fourth-order valence-electron chi connectivity index (χ4n) is 2.61. The van der Waals surface area contributed by atoms with E-state index in [1.807, 2.05) is 54.3 Å². The molecule has 1 fully saturated rings. The van der Waals surface area contributed by atoms with E-state index in [4.69, 9.17) is 11.6 Å². The molecule has 0 spiro atoms. The topological polar surface area (TPSA) is 20.3 Å². The first-order valence-corrected chi connectivity index (χ1v) is 6.70. The first-order valence-electron chi connectivity index (χ1n) is 6.32. The number of rotatable bonds is 2. The Morgan fingerprint density at radius 1 is 1.00 bits per heavy atom. The lowest BCUT2D eigenvalue weighted by molar-refractivity contribution is -0.129. The van der Waals surface area contributed by atoms with E-state index in [0.29, 0.717) is 5.02 Å². The summed E-state index contributed by atoms with van der Waals surface area (Å²) in [5.74, 6) is 0.189. The molecule has 0 saturated carbocycles. The Hall–Kier alpha value is -1.80. The molecule has 1 aliphatic rings. The highest BCUT2D eigenvalue weighted by molar-refractivity contribution is 6.30. The number of carbonyl (C=O) groups is 1. The summed E-state index contributed by atoms with van der Waals surface area (Å²) in [4.78, 5) is 14.0. The molecule has 0 aromatic heterocycles. The molecule has 1 saturated heterocycles. The highest BCUT2D eigenvalue weighted by Gasteiger charge is 2.45. The Morgan fingerprint density at radius 3 is 2.26 bits per heavy atom. The predicted octanol–water partition coefficient (Wildman–Crippen LogP) is 4.06. The van der Waals surface area contributed by atoms with Gasteiger partial charge in [0.1, 0.15) is 0 Å². The van der Waals surface area contributed by atoms with Crippen LogP contribution in [0.1, 0.15) is 18.5 Å². The van der Waals surface area contributed by atoms with Crippen molar-refractivity contribution in [1.82, 2.24) is 0 Å². The molecule has 1 amide bonds. The van der Waals surface area contributed by atoms with Gasteiger partial charge in [-0.2, -0.15) is 0 Å². The predicted molar refractivity (Wildman–Crippen MR) is 77.3 cm³/mol. The molecule has 2 aromatic carbocycles. The molecule has 2 aromatic rings. The number of amides is 1. The normalized spacial score (nSPS) is 22.2. The summed E-state index contributed by atoms with van der Waals surface area (Å²) in [6.07, 6.45) is 0. The third-order valence-electron chi connectivity index (χ3n) is 3.62. The lowest BCUT2D eigenvalue weighted by Crippen LogP contribution is -2.54. The van der Waals surface area contributed by atoms with Gasteiger partial charge in [0.25, 0.3) is 0 Å². The summed E-state index contributed by atoms with van der Waals surface area (Å²) >= 11 is 5.89. The molecule has 3 rings (SSSR count). The number of β-lactam (4-membered cyclic amide) rings is 1. The molecule has 0 bridgehead atoms. The maximum absolute atomic E-state index is 12.1. The molecule has 96 valence electrons. The Morgan fingerprint density at radius 2 is 1.63 bits per heavy atom. The van der Waals surface area contributed by atoms with Crippen LogP contribution < -0.4 is 4.90 Å². The van der Waals surface area contributed by atoms with Gasteiger partial charge < -0.3 is 4.90 Å². The summed E-state index contributed by atoms with van der Waals surface area (Å²) in [6, 6.07) is 17.7. The van der Waals surface area contributed by atoms with Gasteiger partial charge in [0, 0.05) is 10.7 Å². The molecule has 0 radical (unpaired) electrons. The molecular formula is C16H14ClNO. The molecule has 0 unspecified atom stereocenters. The van der Waals surface area contributed by atoms with Gasteiger partial charge in [0.05, 0.1) is 12.0 Å². The molecule has 3 heteroatoms. The highest BCUT2D eigenvalue weighted by atomic mass is 35.5. The van der Waals surface area contributed by atoms with Gasteiger partial charge in [-0.1, -0.05) is 48.9 Å². The number of benzene rings is 2. The number of carbonyl (C=O) groups excluding carboxylic acids is 1. The van der Waals surface area contributed by atoms with Crippen molar-refractivity contribution in [2.75, 3.05) is 4.90 Å². The van der Waals surface area contributed by atoms with Gasteiger partial charge in [-0.05, 0) is 29.8 Å². The summed E-state index contributed by atoms with van der Waals surface area (Å²) in [7, 11) is 0. The third kappa shape index (κ3) is 2.02. The van der Waals surface area contributed by atoms with Crippen molar-refractivity contribution in [3.05, 3.63) is 65.2 Å². The van der Waals surface area contributed by atoms with Crippen molar-refractivity contribution in [2.45, 2.75) is 13.0 Å². The number of halogens is 1. The van der Waals surface area contributed by atoms with Gasteiger partial charge in [-0.25, -0.2) is 0 Å². The average Bonchev–Trinajstić information content (AvgIpc) is 2.46. The number of anilines is 1. The fourth-order valence-corrected chi connectivity index (χ4v) is 2.74. The lowest BCUT2D eigenvalue weighted by Gasteiger charge is -2.46. The summed E-state index contributed by atoms with van der Waals surface area (Å²) in [6.45, 7) is 1.98. The van der Waals surface area contributed by atoms with E-state index < -0.39 is 0 Å². The smallest absolute Gasteiger partial charge is 0.232 e. The van der Waals surface area contributed by atoms with Gasteiger partial charge in [-0.15, -0.1) is 0 Å². The Balaban J connectivity index is 1.96. The second-order valence-electron chi connectivity index (χ2n) is 4.83. The van der Waals surface area contributed by atoms with Gasteiger partial charge in [0.15, 0.2) is 0 Å². The molecule has 2 nitrogen and oxygen atoms in total. The molecule has 19 heavy (non-hydrogen) atoms. The van der Waals surface area contributed by atoms with Crippen LogP contribution in [0.15, 0.2) is 54.6 Å². The van der Waals surface area contributed by atoms with Gasteiger partial charge >= 0.3 is 0 Å². The highest BCUT2D eigenvalue weighted by Crippen LogP contribution is 2.43. The zero-order valence-corrected chi connectivity index (χ0v) is 11.3. The maximum Gasteiger partial charge on any atom is 0.232 e. The maximum atomic E-state index is 12.1. The van der Waals surface area contributed by atoms with Crippen molar-refractivity contribution in [2.24, 2.45) is 5.92 Å². The minimum absolute atomic E-state index is 0.0260. The van der Waals surface area contributed by atoms with E-state index in [2.05, 4.69) is 12.1 Å². The van der Waals surface area contributed by atoms with Crippen LogP contribution in [0.25, 0.3) is 0 Å². The molecule has 1 heterocycles. The summed E-state index contributed by atoms with van der Waals surface area (Å²) in [5.41, 5.74) is 2.07. The average molecular weight is 272 g/mol. The standard InChI is InChI=1S/C16H14ClNO/c1-11-15(12-5-3-2-4-6-12)18(16(11)19)14-9-7-13(17)8-10-14/h2-11,15H,1H3/t11-,15+/m1/s1. The van der Waals surface area contributed by atoms with Gasteiger partial charge in [-0.3, -0.25) is 4.79 Å².